The van der Waals surface area contributed by atoms with E-state index in [0.29, 0.717) is 5.82 Å². The molecule has 1 N–H and O–H groups in total. The predicted molar refractivity (Wildman–Crippen MR) is 122 cm³/mol. The van der Waals surface area contributed by atoms with E-state index in [2.05, 4.69) is 15.4 Å². The first-order valence-corrected chi connectivity index (χ1v) is 10.4. The number of rotatable bonds is 6. The molecule has 2 heterocycles. The molecule has 7 nitrogen and oxygen atoms in total. The van der Waals surface area contributed by atoms with Crippen LogP contribution in [-0.2, 0) is 9.53 Å². The van der Waals surface area contributed by atoms with Crippen molar-refractivity contribution in [3.63, 3.8) is 0 Å². The number of esters is 1. The summed E-state index contributed by atoms with van der Waals surface area (Å²) < 4.78 is 6.88. The van der Waals surface area contributed by atoms with Crippen molar-refractivity contribution in [3.05, 3.63) is 89.4 Å². The molecule has 32 heavy (non-hydrogen) atoms. The molecule has 0 fully saturated rings. The zero-order chi connectivity index (χ0) is 22.7. The first-order valence-electron chi connectivity index (χ1n) is 10.4. The van der Waals surface area contributed by atoms with Crippen molar-refractivity contribution in [2.75, 3.05) is 6.61 Å². The van der Waals surface area contributed by atoms with Gasteiger partial charge in [0.1, 0.15) is 0 Å². The van der Waals surface area contributed by atoms with Gasteiger partial charge in [-0.3, -0.25) is 4.79 Å². The highest BCUT2D eigenvalue weighted by Crippen LogP contribution is 2.24. The monoisotopic (exact) mass is 428 g/mol. The molecule has 0 saturated carbocycles. The molecule has 4 rings (SSSR count). The smallest absolute Gasteiger partial charge is 0.340 e. The Morgan fingerprint density at radius 1 is 1.06 bits per heavy atom. The highest BCUT2D eigenvalue weighted by molar-refractivity contribution is 5.91. The van der Waals surface area contributed by atoms with Crippen LogP contribution in [0.15, 0.2) is 66.9 Å². The van der Waals surface area contributed by atoms with Crippen molar-refractivity contribution >= 4 is 22.6 Å². The van der Waals surface area contributed by atoms with Crippen molar-refractivity contribution in [2.45, 2.75) is 26.8 Å². The van der Waals surface area contributed by atoms with E-state index in [1.54, 1.807) is 16.8 Å². The average molecular weight is 428 g/mol. The van der Waals surface area contributed by atoms with Gasteiger partial charge in [0.15, 0.2) is 12.4 Å². The maximum Gasteiger partial charge on any atom is 0.340 e. The summed E-state index contributed by atoms with van der Waals surface area (Å²) in [7, 11) is 0. The molecule has 0 radical (unpaired) electrons. The zero-order valence-corrected chi connectivity index (χ0v) is 18.2. The van der Waals surface area contributed by atoms with Crippen LogP contribution in [0.3, 0.4) is 0 Å². The van der Waals surface area contributed by atoms with Gasteiger partial charge < -0.3 is 10.1 Å². The van der Waals surface area contributed by atoms with Crippen LogP contribution in [0.25, 0.3) is 16.6 Å². The maximum absolute atomic E-state index is 12.4. The Balaban J connectivity index is 1.35. The molecule has 162 valence electrons. The van der Waals surface area contributed by atoms with E-state index < -0.39 is 5.97 Å². The number of amides is 1. The number of aromatic nitrogens is 3. The van der Waals surface area contributed by atoms with Crippen LogP contribution >= 0.6 is 0 Å². The molecule has 4 aromatic rings. The van der Waals surface area contributed by atoms with Gasteiger partial charge in [-0.05, 0) is 55.3 Å². The highest BCUT2D eigenvalue weighted by Gasteiger charge is 2.15. The number of nitrogens with zero attached hydrogens (tertiary/aromatic N) is 3. The van der Waals surface area contributed by atoms with Crippen molar-refractivity contribution in [3.8, 4) is 5.82 Å². The second-order valence-electron chi connectivity index (χ2n) is 7.68. The Kier molecular flexibility index (Phi) is 5.98. The summed E-state index contributed by atoms with van der Waals surface area (Å²) in [5, 5.41) is 9.44. The minimum Gasteiger partial charge on any atom is -0.452 e. The number of pyridine rings is 1. The van der Waals surface area contributed by atoms with Crippen LogP contribution in [0, 0.1) is 13.8 Å². The van der Waals surface area contributed by atoms with E-state index in [-0.39, 0.29) is 24.1 Å². The van der Waals surface area contributed by atoms with Gasteiger partial charge in [0.25, 0.3) is 5.91 Å². The summed E-state index contributed by atoms with van der Waals surface area (Å²) in [6.45, 7) is 5.37. The van der Waals surface area contributed by atoms with Crippen molar-refractivity contribution in [1.29, 1.82) is 0 Å². The molecule has 2 aromatic carbocycles. The lowest BCUT2D eigenvalue weighted by Crippen LogP contribution is -2.31. The number of hydrogen-bond donors (Lipinski definition) is 1. The molecule has 1 unspecified atom stereocenters. The molecule has 0 aliphatic rings. The minimum absolute atomic E-state index is 0.228. The zero-order valence-electron chi connectivity index (χ0n) is 18.2. The van der Waals surface area contributed by atoms with E-state index in [4.69, 9.17) is 4.74 Å². The van der Waals surface area contributed by atoms with Crippen LogP contribution in [0.2, 0.25) is 0 Å². The number of hydrogen-bond acceptors (Lipinski definition) is 5. The second kappa shape index (κ2) is 9.01. The van der Waals surface area contributed by atoms with E-state index >= 15 is 0 Å². The third-order valence-electron chi connectivity index (χ3n) is 5.21. The van der Waals surface area contributed by atoms with Crippen LogP contribution in [0.4, 0.5) is 0 Å². The Labute approximate surface area is 186 Å². The maximum atomic E-state index is 12.4. The molecule has 0 saturated heterocycles. The van der Waals surface area contributed by atoms with E-state index in [9.17, 15) is 9.59 Å². The van der Waals surface area contributed by atoms with E-state index in [1.807, 2.05) is 69.3 Å². The van der Waals surface area contributed by atoms with Crippen molar-refractivity contribution in [1.82, 2.24) is 20.1 Å². The quantitative estimate of drug-likeness (QED) is 0.468. The molecular weight excluding hydrogens is 404 g/mol. The number of benzene rings is 2. The van der Waals surface area contributed by atoms with Crippen LogP contribution < -0.4 is 5.32 Å². The summed E-state index contributed by atoms with van der Waals surface area (Å²) in [5.41, 5.74) is 3.11. The first-order chi connectivity index (χ1) is 15.4. The lowest BCUT2D eigenvalue weighted by Gasteiger charge is -2.16. The predicted octanol–water partition coefficient (Wildman–Crippen LogP) is 4.07. The third kappa shape index (κ3) is 4.51. The summed E-state index contributed by atoms with van der Waals surface area (Å²) in [5.74, 6) is -0.370. The van der Waals surface area contributed by atoms with Gasteiger partial charge in [0.05, 0.1) is 17.3 Å². The van der Waals surface area contributed by atoms with E-state index in [0.717, 1.165) is 27.7 Å². The summed E-state index contributed by atoms with van der Waals surface area (Å²) in [6.07, 6.45) is 1.42. The normalized spacial score (nSPS) is 11.8. The molecule has 0 aliphatic heterocycles. The second-order valence-corrected chi connectivity index (χ2v) is 7.68. The average Bonchev–Trinajstić information content (AvgIpc) is 3.14. The Hall–Kier alpha value is -4.00. The molecule has 2 aromatic heterocycles. The van der Waals surface area contributed by atoms with Crippen LogP contribution in [0.1, 0.15) is 40.3 Å². The third-order valence-corrected chi connectivity index (χ3v) is 5.21. The Bertz CT molecular complexity index is 1270. The van der Waals surface area contributed by atoms with Gasteiger partial charge >= 0.3 is 5.97 Å². The molecule has 7 heteroatoms. The van der Waals surface area contributed by atoms with Gasteiger partial charge in [-0.1, -0.05) is 42.5 Å². The largest absolute Gasteiger partial charge is 0.452 e. The van der Waals surface area contributed by atoms with Gasteiger partial charge in [0, 0.05) is 11.9 Å². The van der Waals surface area contributed by atoms with Crippen molar-refractivity contribution < 1.29 is 14.3 Å². The van der Waals surface area contributed by atoms with E-state index in [1.165, 1.54) is 6.20 Å². The van der Waals surface area contributed by atoms with Gasteiger partial charge in [-0.15, -0.1) is 0 Å². The topological polar surface area (TPSA) is 86.1 Å². The molecule has 0 spiro atoms. The number of carbonyl (C=O) groups excluding carboxylic acids is 2. The summed E-state index contributed by atoms with van der Waals surface area (Å²) in [6, 6.07) is 19.0. The molecule has 0 aliphatic carbocycles. The van der Waals surface area contributed by atoms with Gasteiger partial charge in [-0.2, -0.15) is 5.10 Å². The first kappa shape index (κ1) is 21.2. The van der Waals surface area contributed by atoms with Gasteiger partial charge in [0.2, 0.25) is 0 Å². The van der Waals surface area contributed by atoms with Gasteiger partial charge in [-0.25, -0.2) is 14.5 Å². The standard InChI is InChI=1S/C25H24N4O3/c1-16-13-17(2)29(28-16)23-12-11-20(14-26-23)25(31)32-15-24(30)27-18(3)21-10-6-8-19-7-4-5-9-22(19)21/h4-14,18H,15H2,1-3H3,(H,27,30). The Morgan fingerprint density at radius 3 is 2.56 bits per heavy atom. The molecule has 1 amide bonds. The number of fused-ring (bicyclic) bond motifs is 1. The van der Waals surface area contributed by atoms with Crippen LogP contribution in [0.5, 0.6) is 0 Å². The highest BCUT2D eigenvalue weighted by atomic mass is 16.5. The lowest BCUT2D eigenvalue weighted by molar-refractivity contribution is -0.124. The number of carbonyl (C=O) groups is 2. The summed E-state index contributed by atoms with van der Waals surface area (Å²) in [4.78, 5) is 29.0. The van der Waals surface area contributed by atoms with Crippen molar-refractivity contribution in [2.24, 2.45) is 0 Å². The molecular formula is C25H24N4O3. The number of ether oxygens (including phenoxy) is 1. The van der Waals surface area contributed by atoms with Crippen LogP contribution in [-0.4, -0.2) is 33.2 Å². The number of nitrogens with one attached hydrogen (secondary N) is 1. The SMILES string of the molecule is Cc1cc(C)n(-c2ccc(C(=O)OCC(=O)NC(C)c3cccc4ccccc34)cn2)n1. The molecule has 0 bridgehead atoms. The lowest BCUT2D eigenvalue weighted by atomic mass is 10.00. The summed E-state index contributed by atoms with van der Waals surface area (Å²) >= 11 is 0. The fourth-order valence-corrected chi connectivity index (χ4v) is 3.70. The number of aryl methyl sites for hydroxylation is 2. The molecule has 1 atom stereocenters. The fourth-order valence-electron chi connectivity index (χ4n) is 3.70. The Morgan fingerprint density at radius 2 is 1.84 bits per heavy atom. The minimum atomic E-state index is -0.606. The fraction of sp³-hybridized carbons (Fsp3) is 0.200.